The van der Waals surface area contributed by atoms with Crippen LogP contribution in [-0.2, 0) is 25.4 Å². The number of ether oxygens (including phenoxy) is 3. The first kappa shape index (κ1) is 44.1. The van der Waals surface area contributed by atoms with Crippen molar-refractivity contribution in [3.8, 4) is 17.2 Å². The smallest absolute Gasteiger partial charge is 0.416 e. The number of alkyl halides is 3. The molecule has 0 bridgehead atoms. The maximum absolute atomic E-state index is 13.5. The van der Waals surface area contributed by atoms with Gasteiger partial charge in [-0.2, -0.15) is 13.2 Å². The van der Waals surface area contributed by atoms with E-state index < -0.39 is 60.0 Å². The molecular formula is C43H45F3N8O9. The van der Waals surface area contributed by atoms with Crippen molar-refractivity contribution < 1.29 is 56.1 Å². The number of nitrogens with two attached hydrogens (primary N) is 1. The van der Waals surface area contributed by atoms with E-state index in [1.807, 2.05) is 0 Å². The van der Waals surface area contributed by atoms with Gasteiger partial charge < -0.3 is 35.5 Å². The molecule has 1 saturated carbocycles. The maximum atomic E-state index is 13.5. The highest BCUT2D eigenvalue weighted by Gasteiger charge is 2.46. The van der Waals surface area contributed by atoms with Gasteiger partial charge in [-0.3, -0.25) is 39.0 Å². The zero-order valence-electron chi connectivity index (χ0n) is 34.8. The van der Waals surface area contributed by atoms with Crippen LogP contribution >= 0.6 is 0 Å². The average molecular weight is 875 g/mol. The monoisotopic (exact) mass is 874 g/mol. The largest absolute Gasteiger partial charge is 0.493 e. The first-order valence-electron chi connectivity index (χ1n) is 20.1. The van der Waals surface area contributed by atoms with Crippen LogP contribution < -0.4 is 35.9 Å². The van der Waals surface area contributed by atoms with Crippen LogP contribution in [0.15, 0.2) is 48.5 Å². The van der Waals surface area contributed by atoms with Crippen molar-refractivity contribution in [3.63, 3.8) is 0 Å². The SMILES string of the molecule is COc1cc2nc(C)nc(N[C@H](C)c3cc(N)cc(C(F)(F)F)c3)c2cc1OCC1(CN(C)C(=O)CCNC(=O)COc2ccc3c(c2)C(=O)N(C2CCC(=O)NC2=O)C3=O)CC1. The molecule has 0 radical (unpaired) electrons. The number of hydrogen-bond donors (Lipinski definition) is 4. The summed E-state index contributed by atoms with van der Waals surface area (Å²) in [5.41, 5.74) is 5.52. The van der Waals surface area contributed by atoms with Gasteiger partial charge in [0, 0.05) is 55.5 Å². The molecule has 7 rings (SSSR count). The summed E-state index contributed by atoms with van der Waals surface area (Å²) in [7, 11) is 3.16. The number of benzene rings is 3. The van der Waals surface area contributed by atoms with E-state index in [9.17, 15) is 41.9 Å². The zero-order valence-corrected chi connectivity index (χ0v) is 34.8. The number of amides is 6. The summed E-state index contributed by atoms with van der Waals surface area (Å²) in [5.74, 6) is -1.59. The molecule has 1 unspecified atom stereocenters. The molecule has 6 amide bonds. The van der Waals surface area contributed by atoms with Gasteiger partial charge >= 0.3 is 6.18 Å². The molecule has 3 heterocycles. The van der Waals surface area contributed by atoms with Crippen molar-refractivity contribution in [2.45, 2.75) is 64.2 Å². The van der Waals surface area contributed by atoms with Crippen molar-refractivity contribution >= 4 is 57.9 Å². The molecule has 1 aliphatic carbocycles. The van der Waals surface area contributed by atoms with Crippen LogP contribution in [0.1, 0.15) is 82.7 Å². The van der Waals surface area contributed by atoms with E-state index in [4.69, 9.17) is 19.9 Å². The molecule has 332 valence electrons. The predicted molar refractivity (Wildman–Crippen MR) is 220 cm³/mol. The Balaban J connectivity index is 0.904. The number of piperidine rings is 1. The average Bonchev–Trinajstić information content (AvgIpc) is 3.95. The Hall–Kier alpha value is -6.99. The Labute approximate surface area is 358 Å². The summed E-state index contributed by atoms with van der Waals surface area (Å²) in [6, 6.07) is 9.18. The fraction of sp³-hybridized carbons (Fsp3) is 0.395. The lowest BCUT2D eigenvalue weighted by molar-refractivity contribution is -0.138. The number of nitrogens with zero attached hydrogens (tertiary/aromatic N) is 4. The minimum atomic E-state index is -4.57. The van der Waals surface area contributed by atoms with Gasteiger partial charge in [0.2, 0.25) is 17.7 Å². The molecule has 1 aromatic heterocycles. The van der Waals surface area contributed by atoms with Gasteiger partial charge in [0.05, 0.1) is 42.0 Å². The lowest BCUT2D eigenvalue weighted by Gasteiger charge is -2.27. The van der Waals surface area contributed by atoms with E-state index in [1.165, 1.54) is 31.4 Å². The quantitative estimate of drug-likeness (QED) is 0.0911. The third-order valence-corrected chi connectivity index (χ3v) is 11.2. The number of carbonyl (C=O) groups is 6. The van der Waals surface area contributed by atoms with Crippen LogP contribution in [0.4, 0.5) is 24.7 Å². The number of nitrogen functional groups attached to an aromatic ring is 1. The Morgan fingerprint density at radius 3 is 2.46 bits per heavy atom. The number of carbonyl (C=O) groups excluding carboxylic acids is 6. The van der Waals surface area contributed by atoms with Crippen LogP contribution in [0.5, 0.6) is 17.2 Å². The predicted octanol–water partition coefficient (Wildman–Crippen LogP) is 4.32. The number of hydrogen-bond acceptors (Lipinski definition) is 13. The van der Waals surface area contributed by atoms with Crippen LogP contribution in [0.2, 0.25) is 0 Å². The third-order valence-electron chi connectivity index (χ3n) is 11.2. The van der Waals surface area contributed by atoms with E-state index in [-0.39, 0.29) is 66.3 Å². The molecule has 2 atom stereocenters. The van der Waals surface area contributed by atoms with Gasteiger partial charge in [-0.25, -0.2) is 9.97 Å². The maximum Gasteiger partial charge on any atom is 0.416 e. The van der Waals surface area contributed by atoms with Gasteiger partial charge in [-0.05, 0) is 81.1 Å². The number of halogens is 3. The van der Waals surface area contributed by atoms with Gasteiger partial charge in [0.25, 0.3) is 17.7 Å². The molecule has 17 nitrogen and oxygen atoms in total. The number of imide groups is 2. The van der Waals surface area contributed by atoms with Gasteiger partial charge in [-0.15, -0.1) is 0 Å². The molecule has 4 aromatic rings. The van der Waals surface area contributed by atoms with E-state index in [0.29, 0.717) is 46.2 Å². The molecular weight excluding hydrogens is 830 g/mol. The molecule has 2 aliphatic heterocycles. The zero-order chi connectivity index (χ0) is 45.4. The first-order valence-corrected chi connectivity index (χ1v) is 20.1. The Morgan fingerprint density at radius 1 is 1.02 bits per heavy atom. The number of fused-ring (bicyclic) bond motifs is 2. The molecule has 5 N–H and O–H groups in total. The standard InChI is InChI=1S/C43H45F3N8O9/c1-22(24-13-25(43(44,45)46)15-26(47)14-24)49-38-30-17-34(33(61-4)18-31(30)50-23(2)51-38)63-21-42(10-11-42)20-53(3)37(57)9-12-48-36(56)19-62-27-5-6-28-29(16-27)41(60)54(40(28)59)32-7-8-35(55)52-39(32)58/h5-6,13-18,22,32H,7-12,19-21,47H2,1-4H3,(H,48,56)(H,49,50,51)(H,52,55,58)/t22-,32?/m1/s1. The van der Waals surface area contributed by atoms with Crippen LogP contribution in [0.25, 0.3) is 10.9 Å². The molecule has 3 aliphatic rings. The minimum absolute atomic E-state index is 0.00399. The number of rotatable bonds is 16. The Kier molecular flexibility index (Phi) is 12.2. The van der Waals surface area contributed by atoms with Gasteiger partial charge in [0.15, 0.2) is 18.1 Å². The molecule has 20 heteroatoms. The second kappa shape index (κ2) is 17.4. The summed E-state index contributed by atoms with van der Waals surface area (Å²) in [6.45, 7) is 3.61. The highest BCUT2D eigenvalue weighted by Crippen LogP contribution is 2.47. The van der Waals surface area contributed by atoms with Crippen molar-refractivity contribution in [2.24, 2.45) is 5.41 Å². The number of anilines is 2. The summed E-state index contributed by atoms with van der Waals surface area (Å²) >= 11 is 0. The lowest BCUT2D eigenvalue weighted by Crippen LogP contribution is -2.54. The number of nitrogens with one attached hydrogen (secondary N) is 3. The summed E-state index contributed by atoms with van der Waals surface area (Å²) in [5, 5.41) is 8.54. The number of aryl methyl sites for hydroxylation is 1. The summed E-state index contributed by atoms with van der Waals surface area (Å²) < 4.78 is 58.1. The topological polar surface area (TPSA) is 224 Å². The Morgan fingerprint density at radius 2 is 1.76 bits per heavy atom. The van der Waals surface area contributed by atoms with Crippen molar-refractivity contribution in [1.82, 2.24) is 30.4 Å². The Bertz CT molecular complexity index is 2530. The third kappa shape index (κ3) is 9.74. The molecule has 3 aromatic carbocycles. The van der Waals surface area contributed by atoms with E-state index in [2.05, 4.69) is 25.9 Å². The molecule has 63 heavy (non-hydrogen) atoms. The minimum Gasteiger partial charge on any atom is -0.493 e. The van der Waals surface area contributed by atoms with Crippen molar-refractivity contribution in [2.75, 3.05) is 51.5 Å². The summed E-state index contributed by atoms with van der Waals surface area (Å²) in [6.07, 6.45) is -2.98. The molecule has 2 fully saturated rings. The van der Waals surface area contributed by atoms with Gasteiger partial charge in [-0.1, -0.05) is 0 Å². The van der Waals surface area contributed by atoms with Crippen molar-refractivity contribution in [3.05, 3.63) is 76.6 Å². The van der Waals surface area contributed by atoms with Crippen LogP contribution in [0, 0.1) is 12.3 Å². The summed E-state index contributed by atoms with van der Waals surface area (Å²) in [4.78, 5) is 87.1. The second-order valence-electron chi connectivity index (χ2n) is 16.0. The first-order chi connectivity index (χ1) is 29.8. The van der Waals surface area contributed by atoms with E-state index in [1.54, 1.807) is 37.9 Å². The van der Waals surface area contributed by atoms with Gasteiger partial charge in [0.1, 0.15) is 23.4 Å². The molecule has 0 spiro atoms. The van der Waals surface area contributed by atoms with E-state index >= 15 is 0 Å². The lowest BCUT2D eigenvalue weighted by atomic mass is 10.0. The highest BCUT2D eigenvalue weighted by atomic mass is 19.4. The number of aromatic nitrogens is 2. The fourth-order valence-electron chi connectivity index (χ4n) is 7.60. The number of methoxy groups -OCH3 is 1. The fourth-order valence-corrected chi connectivity index (χ4v) is 7.60. The van der Waals surface area contributed by atoms with Crippen LogP contribution in [-0.4, -0.2) is 102 Å². The second-order valence-corrected chi connectivity index (χ2v) is 16.0. The van der Waals surface area contributed by atoms with E-state index in [0.717, 1.165) is 29.9 Å². The normalized spacial score (nSPS) is 17.2. The highest BCUT2D eigenvalue weighted by molar-refractivity contribution is 6.23. The van der Waals surface area contributed by atoms with Crippen LogP contribution in [0.3, 0.4) is 0 Å². The van der Waals surface area contributed by atoms with Crippen molar-refractivity contribution in [1.29, 1.82) is 0 Å². The molecule has 1 saturated heterocycles.